The Labute approximate surface area is 165 Å². The maximum absolute atomic E-state index is 12.9. The summed E-state index contributed by atoms with van der Waals surface area (Å²) >= 11 is 1.57. The molecule has 1 aliphatic rings. The normalized spacial score (nSPS) is 14.9. The minimum atomic E-state index is -0.236. The molecule has 144 valence electrons. The van der Waals surface area contributed by atoms with Gasteiger partial charge in [0, 0.05) is 29.2 Å². The van der Waals surface area contributed by atoms with Crippen molar-refractivity contribution in [3.05, 3.63) is 65.5 Å². The molecule has 3 rings (SSSR count). The lowest BCUT2D eigenvalue weighted by molar-refractivity contribution is -0.918. The van der Waals surface area contributed by atoms with E-state index in [1.165, 1.54) is 50.0 Å². The molecule has 0 unspecified atom stereocenters. The molecule has 0 radical (unpaired) electrons. The van der Waals surface area contributed by atoms with Crippen molar-refractivity contribution in [2.75, 3.05) is 18.8 Å². The second-order valence-corrected chi connectivity index (χ2v) is 8.30. The number of hydrogen-bond acceptors (Lipinski definition) is 2. The van der Waals surface area contributed by atoms with Crippen LogP contribution in [0.1, 0.15) is 36.8 Å². The van der Waals surface area contributed by atoms with Crippen molar-refractivity contribution in [1.29, 1.82) is 0 Å². The van der Waals surface area contributed by atoms with Crippen LogP contribution in [0.25, 0.3) is 0 Å². The van der Waals surface area contributed by atoms with Gasteiger partial charge in [-0.15, -0.1) is 11.8 Å². The Morgan fingerprint density at radius 3 is 2.33 bits per heavy atom. The fourth-order valence-corrected chi connectivity index (χ4v) is 4.23. The molecule has 1 heterocycles. The molecule has 2 N–H and O–H groups in total. The quantitative estimate of drug-likeness (QED) is 0.682. The van der Waals surface area contributed by atoms with Crippen molar-refractivity contribution in [1.82, 2.24) is 5.32 Å². The summed E-state index contributed by atoms with van der Waals surface area (Å²) in [5.41, 5.74) is 2.50. The SMILES string of the molecule is O=C(CCSc1ccc(F)cc1)NCc1ccc(C[NH+]2CCCCC2)cc1. The maximum atomic E-state index is 12.9. The van der Waals surface area contributed by atoms with Crippen molar-refractivity contribution >= 4 is 17.7 Å². The minimum absolute atomic E-state index is 0.0476. The number of halogens is 1. The van der Waals surface area contributed by atoms with E-state index in [1.807, 2.05) is 0 Å². The van der Waals surface area contributed by atoms with Crippen LogP contribution in [0.4, 0.5) is 4.39 Å². The Morgan fingerprint density at radius 1 is 0.963 bits per heavy atom. The number of rotatable bonds is 8. The van der Waals surface area contributed by atoms with Gasteiger partial charge >= 0.3 is 0 Å². The highest BCUT2D eigenvalue weighted by atomic mass is 32.2. The molecule has 0 aromatic heterocycles. The van der Waals surface area contributed by atoms with Gasteiger partial charge in [-0.25, -0.2) is 4.39 Å². The molecule has 0 bridgehead atoms. The average Bonchev–Trinajstić information content (AvgIpc) is 2.70. The first-order valence-electron chi connectivity index (χ1n) is 9.75. The topological polar surface area (TPSA) is 33.5 Å². The van der Waals surface area contributed by atoms with E-state index in [9.17, 15) is 9.18 Å². The van der Waals surface area contributed by atoms with E-state index in [-0.39, 0.29) is 11.7 Å². The first-order valence-corrected chi connectivity index (χ1v) is 10.7. The van der Waals surface area contributed by atoms with E-state index in [0.29, 0.717) is 18.7 Å². The van der Waals surface area contributed by atoms with E-state index >= 15 is 0 Å². The van der Waals surface area contributed by atoms with Crippen molar-refractivity contribution in [2.24, 2.45) is 0 Å². The second kappa shape index (κ2) is 10.5. The molecule has 3 nitrogen and oxygen atoms in total. The molecule has 27 heavy (non-hydrogen) atoms. The summed E-state index contributed by atoms with van der Waals surface area (Å²) in [6.45, 7) is 4.24. The van der Waals surface area contributed by atoms with Crippen LogP contribution in [0.3, 0.4) is 0 Å². The number of amides is 1. The molecule has 5 heteroatoms. The smallest absolute Gasteiger partial charge is 0.221 e. The summed E-state index contributed by atoms with van der Waals surface area (Å²) in [5.74, 6) is 0.501. The van der Waals surface area contributed by atoms with Gasteiger partial charge in [-0.1, -0.05) is 24.3 Å². The van der Waals surface area contributed by atoms with E-state index in [2.05, 4.69) is 29.6 Å². The van der Waals surface area contributed by atoms with Gasteiger partial charge < -0.3 is 10.2 Å². The monoisotopic (exact) mass is 387 g/mol. The van der Waals surface area contributed by atoms with Crippen molar-refractivity contribution < 1.29 is 14.1 Å². The van der Waals surface area contributed by atoms with Crippen molar-refractivity contribution in [2.45, 2.75) is 43.7 Å². The second-order valence-electron chi connectivity index (χ2n) is 7.13. The molecule has 0 spiro atoms. The number of benzene rings is 2. The molecular formula is C22H28FN2OS+. The Bertz CT molecular complexity index is 712. The first kappa shape index (κ1) is 19.9. The molecule has 2 aromatic carbocycles. The number of carbonyl (C=O) groups is 1. The lowest BCUT2D eigenvalue weighted by atomic mass is 10.1. The molecule has 0 aliphatic carbocycles. The van der Waals surface area contributed by atoms with Crippen LogP contribution in [-0.4, -0.2) is 24.7 Å². The lowest BCUT2D eigenvalue weighted by Gasteiger charge is -2.23. The summed E-state index contributed by atoms with van der Waals surface area (Å²) in [6.07, 6.45) is 4.53. The van der Waals surface area contributed by atoms with Crippen LogP contribution in [-0.2, 0) is 17.9 Å². The summed E-state index contributed by atoms with van der Waals surface area (Å²) in [5, 5.41) is 2.98. The predicted molar refractivity (Wildman–Crippen MR) is 108 cm³/mol. The Hall–Kier alpha value is -1.85. The van der Waals surface area contributed by atoms with E-state index in [4.69, 9.17) is 0 Å². The molecule has 1 saturated heterocycles. The molecule has 0 atom stereocenters. The van der Waals surface area contributed by atoms with E-state index in [1.54, 1.807) is 28.8 Å². The van der Waals surface area contributed by atoms with Gasteiger partial charge in [0.25, 0.3) is 0 Å². The molecule has 0 saturated carbocycles. The Balaban J connectivity index is 1.35. The summed E-state index contributed by atoms with van der Waals surface area (Å²) < 4.78 is 12.9. The third-order valence-corrected chi connectivity index (χ3v) is 5.95. The number of nitrogens with one attached hydrogen (secondary N) is 2. The van der Waals surface area contributed by atoms with Crippen LogP contribution in [0.15, 0.2) is 53.4 Å². The van der Waals surface area contributed by atoms with Gasteiger partial charge in [-0.3, -0.25) is 4.79 Å². The number of hydrogen-bond donors (Lipinski definition) is 2. The first-order chi connectivity index (χ1) is 13.2. The van der Waals surface area contributed by atoms with Crippen LogP contribution in [0, 0.1) is 5.82 Å². The van der Waals surface area contributed by atoms with Crippen LogP contribution in [0.2, 0.25) is 0 Å². The number of thioether (sulfide) groups is 1. The molecule has 2 aromatic rings. The van der Waals surface area contributed by atoms with Gasteiger partial charge in [-0.05, 0) is 49.1 Å². The standard InChI is InChI=1S/C22H27FN2OS/c23-20-8-10-21(11-9-20)27-15-12-22(26)24-16-18-4-6-19(7-5-18)17-25-13-2-1-3-14-25/h4-11H,1-3,12-17H2,(H,24,26)/p+1. The highest BCUT2D eigenvalue weighted by molar-refractivity contribution is 7.99. The largest absolute Gasteiger partial charge is 0.352 e. The van der Waals surface area contributed by atoms with Gasteiger partial charge in [0.05, 0.1) is 13.1 Å². The Morgan fingerprint density at radius 2 is 1.63 bits per heavy atom. The van der Waals surface area contributed by atoms with Crippen LogP contribution < -0.4 is 10.2 Å². The molecular weight excluding hydrogens is 359 g/mol. The third-order valence-electron chi connectivity index (χ3n) is 4.94. The number of carbonyl (C=O) groups excluding carboxylic acids is 1. The lowest BCUT2D eigenvalue weighted by Crippen LogP contribution is -3.11. The highest BCUT2D eigenvalue weighted by Crippen LogP contribution is 2.18. The number of quaternary nitrogens is 1. The third kappa shape index (κ3) is 7.00. The van der Waals surface area contributed by atoms with E-state index < -0.39 is 0 Å². The van der Waals surface area contributed by atoms with Crippen LogP contribution in [0.5, 0.6) is 0 Å². The fourth-order valence-electron chi connectivity index (χ4n) is 3.37. The summed E-state index contributed by atoms with van der Waals surface area (Å²) in [4.78, 5) is 14.7. The minimum Gasteiger partial charge on any atom is -0.352 e. The predicted octanol–water partition coefficient (Wildman–Crippen LogP) is 3.19. The molecule has 1 amide bonds. The summed E-state index contributed by atoms with van der Waals surface area (Å²) in [7, 11) is 0. The highest BCUT2D eigenvalue weighted by Gasteiger charge is 2.13. The average molecular weight is 388 g/mol. The van der Waals surface area contributed by atoms with E-state index in [0.717, 1.165) is 17.0 Å². The van der Waals surface area contributed by atoms with Crippen molar-refractivity contribution in [3.8, 4) is 0 Å². The molecule has 1 fully saturated rings. The Kier molecular flexibility index (Phi) is 7.72. The van der Waals surface area contributed by atoms with Gasteiger partial charge in [0.15, 0.2) is 0 Å². The fraction of sp³-hybridized carbons (Fsp3) is 0.409. The van der Waals surface area contributed by atoms with Crippen molar-refractivity contribution in [3.63, 3.8) is 0 Å². The number of piperidine rings is 1. The number of likely N-dealkylation sites (tertiary alicyclic amines) is 1. The zero-order chi connectivity index (χ0) is 18.9. The zero-order valence-corrected chi connectivity index (χ0v) is 16.5. The maximum Gasteiger partial charge on any atom is 0.221 e. The summed E-state index contributed by atoms with van der Waals surface area (Å²) in [6, 6.07) is 15.0. The van der Waals surface area contributed by atoms with Crippen LogP contribution >= 0.6 is 11.8 Å². The molecule has 1 aliphatic heterocycles. The van der Waals surface area contributed by atoms with Gasteiger partial charge in [-0.2, -0.15) is 0 Å². The zero-order valence-electron chi connectivity index (χ0n) is 15.7. The van der Waals surface area contributed by atoms with Gasteiger partial charge in [0.2, 0.25) is 5.91 Å². The van der Waals surface area contributed by atoms with Gasteiger partial charge in [0.1, 0.15) is 12.4 Å².